The van der Waals surface area contributed by atoms with Crippen molar-refractivity contribution in [2.45, 2.75) is 6.04 Å². The molecule has 1 aliphatic rings. The van der Waals surface area contributed by atoms with Gasteiger partial charge in [-0.25, -0.2) is 4.39 Å². The van der Waals surface area contributed by atoms with Crippen LogP contribution in [0.4, 0.5) is 4.39 Å². The highest BCUT2D eigenvalue weighted by molar-refractivity contribution is 6.46. The Balaban J connectivity index is 2.23. The molecule has 0 saturated carbocycles. The normalized spacial score (nSPS) is 18.7. The summed E-state index contributed by atoms with van der Waals surface area (Å²) in [6, 6.07) is 9.66. The Morgan fingerprint density at radius 3 is 2.37 bits per heavy atom. The van der Waals surface area contributed by atoms with Gasteiger partial charge in [0.1, 0.15) is 11.6 Å². The number of nitrogens with zero attached hydrogens (tertiary/aromatic N) is 1. The number of Topliss-reactive ketones (excluding diaryl/α,β-unsaturated/α-hetero) is 1. The van der Waals surface area contributed by atoms with Crippen molar-refractivity contribution >= 4 is 35.0 Å². The Morgan fingerprint density at radius 2 is 1.78 bits per heavy atom. The number of carbonyl (C=O) groups excluding carboxylic acids is 3. The summed E-state index contributed by atoms with van der Waals surface area (Å²) in [5, 5.41) is 22.1. The van der Waals surface area contributed by atoms with Crippen molar-refractivity contribution in [3.05, 3.63) is 76.1 Å². The predicted octanol–water partition coefficient (Wildman–Crippen LogP) is 1.65. The highest BCUT2D eigenvalue weighted by Gasteiger charge is 2.46. The molecule has 0 unspecified atom stereocenters. The van der Waals surface area contributed by atoms with E-state index in [9.17, 15) is 29.0 Å². The first-order chi connectivity index (χ1) is 12.8. The van der Waals surface area contributed by atoms with Crippen LogP contribution in [0.25, 0.3) is 5.76 Å². The predicted molar refractivity (Wildman–Crippen MR) is 91.9 cm³/mol. The molecule has 0 spiro atoms. The number of carboxylic acids is 1. The average Bonchev–Trinajstić information content (AvgIpc) is 2.86. The maximum Gasteiger partial charge on any atom is 0.295 e. The molecule has 0 bridgehead atoms. The van der Waals surface area contributed by atoms with E-state index >= 15 is 0 Å². The lowest BCUT2D eigenvalue weighted by atomic mass is 9.95. The third-order valence-electron chi connectivity index (χ3n) is 4.16. The number of hydrogen-bond donors (Lipinski definition) is 1. The maximum atomic E-state index is 14.4. The van der Waals surface area contributed by atoms with Crippen LogP contribution in [0.2, 0.25) is 5.02 Å². The minimum atomic E-state index is -1.62. The number of halogens is 2. The number of aliphatic hydroxyl groups is 1. The maximum absolute atomic E-state index is 14.4. The summed E-state index contributed by atoms with van der Waals surface area (Å²) >= 11 is 5.80. The van der Waals surface area contributed by atoms with Gasteiger partial charge in [-0.2, -0.15) is 0 Å². The van der Waals surface area contributed by atoms with Crippen molar-refractivity contribution in [2.75, 3.05) is 6.54 Å². The van der Waals surface area contributed by atoms with Crippen LogP contribution < -0.4 is 5.11 Å². The average molecular weight is 389 g/mol. The number of aliphatic carboxylic acids is 1. The zero-order valence-corrected chi connectivity index (χ0v) is 14.4. The van der Waals surface area contributed by atoms with Crippen LogP contribution in [-0.4, -0.2) is 34.2 Å². The van der Waals surface area contributed by atoms with E-state index < -0.39 is 47.4 Å². The second-order valence-electron chi connectivity index (χ2n) is 5.83. The van der Waals surface area contributed by atoms with Gasteiger partial charge in [-0.05, 0) is 30.3 Å². The van der Waals surface area contributed by atoms with Gasteiger partial charge < -0.3 is 19.9 Å². The first-order valence-electron chi connectivity index (χ1n) is 7.80. The first kappa shape index (κ1) is 18.6. The molecule has 2 aromatic rings. The number of amides is 1. The monoisotopic (exact) mass is 388 g/mol. The summed E-state index contributed by atoms with van der Waals surface area (Å²) in [6.45, 7) is -0.930. The van der Waals surface area contributed by atoms with Crippen molar-refractivity contribution in [1.29, 1.82) is 0 Å². The Kier molecular flexibility index (Phi) is 4.96. The first-order valence-corrected chi connectivity index (χ1v) is 8.17. The van der Waals surface area contributed by atoms with Gasteiger partial charge in [-0.1, -0.05) is 29.8 Å². The van der Waals surface area contributed by atoms with E-state index in [0.29, 0.717) is 9.92 Å². The molecule has 1 fully saturated rings. The molecule has 138 valence electrons. The molecule has 3 rings (SSSR count). The molecule has 1 saturated heterocycles. The Labute approximate surface area is 158 Å². The molecule has 1 N–H and O–H groups in total. The summed E-state index contributed by atoms with van der Waals surface area (Å²) in [5.41, 5.74) is -0.352. The highest BCUT2D eigenvalue weighted by Crippen LogP contribution is 2.40. The molecule has 27 heavy (non-hydrogen) atoms. The van der Waals surface area contributed by atoms with Gasteiger partial charge in [0, 0.05) is 16.1 Å². The molecular weight excluding hydrogens is 377 g/mol. The fourth-order valence-corrected chi connectivity index (χ4v) is 3.09. The molecule has 0 aromatic heterocycles. The second kappa shape index (κ2) is 7.20. The fourth-order valence-electron chi connectivity index (χ4n) is 2.97. The van der Waals surface area contributed by atoms with Gasteiger partial charge in [-0.3, -0.25) is 9.59 Å². The van der Waals surface area contributed by atoms with Crippen molar-refractivity contribution in [3.63, 3.8) is 0 Å². The van der Waals surface area contributed by atoms with Crippen molar-refractivity contribution < 1.29 is 29.0 Å². The van der Waals surface area contributed by atoms with Crippen LogP contribution in [0, 0.1) is 5.82 Å². The lowest BCUT2D eigenvalue weighted by Gasteiger charge is -2.25. The Morgan fingerprint density at radius 1 is 1.15 bits per heavy atom. The smallest absolute Gasteiger partial charge is 0.295 e. The molecule has 1 amide bonds. The number of rotatable bonds is 4. The summed E-state index contributed by atoms with van der Waals surface area (Å²) in [6.07, 6.45) is 0. The Bertz CT molecular complexity index is 970. The molecule has 8 heteroatoms. The Hall–Kier alpha value is -3.19. The lowest BCUT2D eigenvalue weighted by Crippen LogP contribution is -2.40. The zero-order valence-electron chi connectivity index (χ0n) is 13.7. The molecule has 1 aliphatic heterocycles. The number of carboxylic acid groups (broad SMARTS) is 1. The van der Waals surface area contributed by atoms with Gasteiger partial charge >= 0.3 is 0 Å². The quantitative estimate of drug-likeness (QED) is 0.488. The molecule has 2 aromatic carbocycles. The lowest BCUT2D eigenvalue weighted by molar-refractivity contribution is -0.306. The van der Waals surface area contributed by atoms with Crippen molar-refractivity contribution in [3.8, 4) is 0 Å². The SMILES string of the molecule is O=C([O-])CN1C(=O)C(=O)C(=C(O)c2ccc(Cl)cc2)[C@H]1c1ccccc1F. The van der Waals surface area contributed by atoms with Crippen LogP contribution in [0.1, 0.15) is 17.2 Å². The summed E-state index contributed by atoms with van der Waals surface area (Å²) in [5.74, 6) is -5.21. The largest absolute Gasteiger partial charge is 0.548 e. The minimum absolute atomic E-state index is 0.117. The van der Waals surface area contributed by atoms with E-state index in [1.807, 2.05) is 0 Å². The zero-order chi connectivity index (χ0) is 19.7. The molecular formula is C19H12ClFNO5-. The standard InChI is InChI=1S/C19H13ClFNO5/c20-11-7-5-10(6-8-11)17(25)15-16(12-3-1-2-4-13(12)21)22(9-14(23)24)19(27)18(15)26/h1-8,16,25H,9H2,(H,23,24)/p-1/t16-/m1/s1. The summed E-state index contributed by atoms with van der Waals surface area (Å²) < 4.78 is 14.4. The number of ketones is 1. The van der Waals surface area contributed by atoms with Crippen molar-refractivity contribution in [1.82, 2.24) is 4.90 Å². The highest BCUT2D eigenvalue weighted by atomic mass is 35.5. The summed E-state index contributed by atoms with van der Waals surface area (Å²) in [7, 11) is 0. The van der Waals surface area contributed by atoms with Gasteiger partial charge in [0.05, 0.1) is 24.1 Å². The summed E-state index contributed by atoms with van der Waals surface area (Å²) in [4.78, 5) is 36.5. The number of aliphatic hydroxyl groups excluding tert-OH is 1. The molecule has 0 radical (unpaired) electrons. The third-order valence-corrected chi connectivity index (χ3v) is 4.41. The van der Waals surface area contributed by atoms with Crippen LogP contribution in [0.5, 0.6) is 0 Å². The van der Waals surface area contributed by atoms with E-state index in [0.717, 1.165) is 6.07 Å². The van der Waals surface area contributed by atoms with Gasteiger partial charge in [0.15, 0.2) is 0 Å². The van der Waals surface area contributed by atoms with Crippen LogP contribution in [0.15, 0.2) is 54.1 Å². The third kappa shape index (κ3) is 3.41. The molecule has 1 heterocycles. The number of likely N-dealkylation sites (tertiary alicyclic amines) is 1. The van der Waals surface area contributed by atoms with Crippen LogP contribution in [0.3, 0.4) is 0 Å². The van der Waals surface area contributed by atoms with Crippen LogP contribution >= 0.6 is 11.6 Å². The van der Waals surface area contributed by atoms with E-state index in [2.05, 4.69) is 0 Å². The number of carbonyl (C=O) groups is 3. The second-order valence-corrected chi connectivity index (χ2v) is 6.26. The molecule has 1 atom stereocenters. The number of hydrogen-bond acceptors (Lipinski definition) is 5. The van der Waals surface area contributed by atoms with Crippen LogP contribution in [-0.2, 0) is 14.4 Å². The minimum Gasteiger partial charge on any atom is -0.548 e. The van der Waals surface area contributed by atoms with Crippen molar-refractivity contribution in [2.24, 2.45) is 0 Å². The van der Waals surface area contributed by atoms with Gasteiger partial charge in [0.2, 0.25) is 0 Å². The fraction of sp³-hybridized carbons (Fsp3) is 0.105. The molecule has 0 aliphatic carbocycles. The van der Waals surface area contributed by atoms with Gasteiger partial charge in [0.25, 0.3) is 11.7 Å². The van der Waals surface area contributed by atoms with E-state index in [-0.39, 0.29) is 11.1 Å². The van der Waals surface area contributed by atoms with Gasteiger partial charge in [-0.15, -0.1) is 0 Å². The molecule has 6 nitrogen and oxygen atoms in total. The van der Waals surface area contributed by atoms with E-state index in [1.165, 1.54) is 42.5 Å². The van der Waals surface area contributed by atoms with E-state index in [4.69, 9.17) is 11.6 Å². The number of benzene rings is 2. The topological polar surface area (TPSA) is 97.7 Å². The van der Waals surface area contributed by atoms with E-state index in [1.54, 1.807) is 0 Å².